The fraction of sp³-hybridized carbons (Fsp3) is 0.607. The zero-order chi connectivity index (χ0) is 27.3. The van der Waals surface area contributed by atoms with Gasteiger partial charge in [-0.25, -0.2) is 0 Å². The summed E-state index contributed by atoms with van der Waals surface area (Å²) in [5.74, 6) is -1.48. The van der Waals surface area contributed by atoms with Crippen LogP contribution in [0.3, 0.4) is 0 Å². The number of ether oxygens (including phenoxy) is 1. The molecule has 0 bridgehead atoms. The zero-order valence-corrected chi connectivity index (χ0v) is 22.2. The minimum Gasteiger partial charge on any atom is -0.365 e. The molecule has 3 saturated heterocycles. The van der Waals surface area contributed by atoms with Crippen LogP contribution in [0, 0.1) is 0 Å². The van der Waals surface area contributed by atoms with Crippen LogP contribution in [0.5, 0.6) is 0 Å². The van der Waals surface area contributed by atoms with Crippen LogP contribution in [-0.4, -0.2) is 77.2 Å². The predicted molar refractivity (Wildman–Crippen MR) is 139 cm³/mol. The molecule has 3 N–H and O–H groups in total. The number of nitrogens with one attached hydrogen (secondary N) is 3. The number of epoxide rings is 1. The van der Waals surface area contributed by atoms with Gasteiger partial charge in [0.25, 0.3) is 0 Å². The van der Waals surface area contributed by atoms with E-state index in [-0.39, 0.29) is 30.1 Å². The maximum atomic E-state index is 13.7. The molecule has 0 saturated carbocycles. The maximum Gasteiger partial charge on any atom is 0.246 e. The highest BCUT2D eigenvalue weighted by atomic mass is 16.6. The molecule has 4 amide bonds. The van der Waals surface area contributed by atoms with Crippen LogP contribution in [0.2, 0.25) is 0 Å². The molecule has 3 heterocycles. The summed E-state index contributed by atoms with van der Waals surface area (Å²) in [5, 5.41) is 8.48. The van der Waals surface area contributed by atoms with Crippen LogP contribution in [0.15, 0.2) is 30.3 Å². The Labute approximate surface area is 223 Å². The highest BCUT2D eigenvalue weighted by Crippen LogP contribution is 2.22. The van der Waals surface area contributed by atoms with Crippen LogP contribution in [-0.2, 0) is 35.1 Å². The van der Waals surface area contributed by atoms with Crippen molar-refractivity contribution in [3.05, 3.63) is 35.9 Å². The summed E-state index contributed by atoms with van der Waals surface area (Å²) >= 11 is 0. The molecule has 0 aliphatic carbocycles. The van der Waals surface area contributed by atoms with E-state index in [0.717, 1.165) is 12.0 Å². The number of hydrogen-bond donors (Lipinski definition) is 3. The molecule has 0 spiro atoms. The first-order valence-corrected chi connectivity index (χ1v) is 13.6. The molecule has 1 aromatic rings. The summed E-state index contributed by atoms with van der Waals surface area (Å²) < 4.78 is 5.01. The normalized spacial score (nSPS) is 27.4. The molecule has 0 radical (unpaired) electrons. The van der Waals surface area contributed by atoms with Crippen molar-refractivity contribution in [1.29, 1.82) is 0 Å². The Morgan fingerprint density at radius 1 is 1.00 bits per heavy atom. The SMILES string of the molecule is CC1(C)NC(=O)[C@H](CCCCCC(=O)[C@@H]2CO2)NC(=O)[C@H]2CCCN2C(=O)C(Cc2ccccc2)NC1=O. The average Bonchev–Trinajstić information content (AvgIpc) is 3.62. The quantitative estimate of drug-likeness (QED) is 0.325. The minimum atomic E-state index is -1.31. The fourth-order valence-corrected chi connectivity index (χ4v) is 5.10. The van der Waals surface area contributed by atoms with Gasteiger partial charge in [0.05, 0.1) is 6.61 Å². The molecule has 1 unspecified atom stereocenters. The number of benzene rings is 1. The van der Waals surface area contributed by atoms with Gasteiger partial charge in [-0.05, 0) is 45.1 Å². The summed E-state index contributed by atoms with van der Waals surface area (Å²) in [5.41, 5.74) is -0.429. The van der Waals surface area contributed by atoms with E-state index in [2.05, 4.69) is 16.0 Å². The summed E-state index contributed by atoms with van der Waals surface area (Å²) in [6, 6.07) is 6.97. The molecule has 3 aliphatic heterocycles. The Bertz CT molecular complexity index is 1050. The van der Waals surface area contributed by atoms with Crippen LogP contribution >= 0.6 is 0 Å². The van der Waals surface area contributed by atoms with E-state index in [1.54, 1.807) is 18.7 Å². The number of rotatable bonds is 9. The van der Waals surface area contributed by atoms with Gasteiger partial charge in [-0.15, -0.1) is 0 Å². The first-order chi connectivity index (χ1) is 18.2. The van der Waals surface area contributed by atoms with Crippen LogP contribution in [0.4, 0.5) is 0 Å². The lowest BCUT2D eigenvalue weighted by Crippen LogP contribution is -2.64. The van der Waals surface area contributed by atoms with Gasteiger partial charge in [-0.3, -0.25) is 24.0 Å². The summed E-state index contributed by atoms with van der Waals surface area (Å²) in [7, 11) is 0. The highest BCUT2D eigenvalue weighted by molar-refractivity contribution is 5.99. The van der Waals surface area contributed by atoms with E-state index in [0.29, 0.717) is 51.7 Å². The van der Waals surface area contributed by atoms with Gasteiger partial charge in [0, 0.05) is 19.4 Å². The average molecular weight is 527 g/mol. The van der Waals surface area contributed by atoms with Gasteiger partial charge in [-0.1, -0.05) is 43.2 Å². The second-order valence-electron chi connectivity index (χ2n) is 11.0. The predicted octanol–water partition coefficient (Wildman–Crippen LogP) is 1.02. The van der Waals surface area contributed by atoms with Crippen molar-refractivity contribution in [2.45, 2.75) is 95.0 Å². The summed E-state index contributed by atoms with van der Waals surface area (Å²) in [4.78, 5) is 66.9. The van der Waals surface area contributed by atoms with Crippen molar-refractivity contribution in [2.75, 3.05) is 13.2 Å². The van der Waals surface area contributed by atoms with Crippen molar-refractivity contribution in [2.24, 2.45) is 0 Å². The van der Waals surface area contributed by atoms with E-state index in [4.69, 9.17) is 4.74 Å². The van der Waals surface area contributed by atoms with E-state index in [1.807, 2.05) is 30.3 Å². The lowest BCUT2D eigenvalue weighted by atomic mass is 9.98. The molecule has 0 aromatic heterocycles. The number of amides is 4. The summed E-state index contributed by atoms with van der Waals surface area (Å²) in [6.45, 7) is 4.08. The van der Waals surface area contributed by atoms with Crippen molar-refractivity contribution in [1.82, 2.24) is 20.9 Å². The zero-order valence-electron chi connectivity index (χ0n) is 22.2. The van der Waals surface area contributed by atoms with E-state index in [9.17, 15) is 24.0 Å². The van der Waals surface area contributed by atoms with Gasteiger partial charge < -0.3 is 25.6 Å². The van der Waals surface area contributed by atoms with Crippen molar-refractivity contribution < 1.29 is 28.7 Å². The third-order valence-corrected chi connectivity index (χ3v) is 7.47. The van der Waals surface area contributed by atoms with E-state index in [1.165, 1.54) is 0 Å². The number of carbonyl (C=O) groups excluding carboxylic acids is 5. The molecule has 10 nitrogen and oxygen atoms in total. The summed E-state index contributed by atoms with van der Waals surface area (Å²) in [6.07, 6.45) is 4.01. The second kappa shape index (κ2) is 12.1. The number of ketones is 1. The Morgan fingerprint density at radius 2 is 1.74 bits per heavy atom. The lowest BCUT2D eigenvalue weighted by molar-refractivity contribution is -0.144. The first kappa shape index (κ1) is 27.8. The minimum absolute atomic E-state index is 0.103. The van der Waals surface area contributed by atoms with Crippen molar-refractivity contribution >= 4 is 29.4 Å². The number of hydrogen-bond acceptors (Lipinski definition) is 6. The highest BCUT2D eigenvalue weighted by Gasteiger charge is 2.42. The van der Waals surface area contributed by atoms with Gasteiger partial charge in [0.15, 0.2) is 5.78 Å². The Hall–Kier alpha value is -3.27. The first-order valence-electron chi connectivity index (χ1n) is 13.6. The number of fused-ring (bicyclic) bond motifs is 1. The van der Waals surface area contributed by atoms with Crippen molar-refractivity contribution in [3.8, 4) is 0 Å². The molecule has 4 atom stereocenters. The number of unbranched alkanes of at least 4 members (excludes halogenated alkanes) is 2. The maximum absolute atomic E-state index is 13.7. The number of nitrogens with zero attached hydrogens (tertiary/aromatic N) is 1. The molecule has 38 heavy (non-hydrogen) atoms. The van der Waals surface area contributed by atoms with Crippen molar-refractivity contribution in [3.63, 3.8) is 0 Å². The molecule has 206 valence electrons. The molecule has 3 aliphatic rings. The topological polar surface area (TPSA) is 137 Å². The van der Waals surface area contributed by atoms with E-state index < -0.39 is 35.5 Å². The monoisotopic (exact) mass is 526 g/mol. The van der Waals surface area contributed by atoms with Gasteiger partial charge >= 0.3 is 0 Å². The van der Waals surface area contributed by atoms with Crippen LogP contribution in [0.1, 0.15) is 64.4 Å². The molecular formula is C28H38N4O6. The number of Topliss-reactive ketones (excluding diaryl/α,β-unsaturated/α-hetero) is 1. The van der Waals surface area contributed by atoms with E-state index >= 15 is 0 Å². The van der Waals surface area contributed by atoms with Crippen LogP contribution in [0.25, 0.3) is 0 Å². The van der Waals surface area contributed by atoms with Gasteiger partial charge in [0.2, 0.25) is 23.6 Å². The smallest absolute Gasteiger partial charge is 0.246 e. The van der Waals surface area contributed by atoms with Gasteiger partial charge in [-0.2, -0.15) is 0 Å². The molecule has 4 rings (SSSR count). The number of carbonyl (C=O) groups is 5. The van der Waals surface area contributed by atoms with Gasteiger partial charge in [0.1, 0.15) is 29.8 Å². The third-order valence-electron chi connectivity index (χ3n) is 7.47. The second-order valence-corrected chi connectivity index (χ2v) is 11.0. The third kappa shape index (κ3) is 6.98. The fourth-order valence-electron chi connectivity index (χ4n) is 5.10. The molecule has 10 heteroatoms. The van der Waals surface area contributed by atoms with Crippen LogP contribution < -0.4 is 16.0 Å². The lowest BCUT2D eigenvalue weighted by Gasteiger charge is -2.34. The Kier molecular flexibility index (Phi) is 8.81. The largest absolute Gasteiger partial charge is 0.365 e. The standard InChI is InChI=1S/C28H38N4O6/c1-28(2)27(37)30-20(16-18-10-5-3-6-11-18)26(36)32-15-9-13-21(32)25(35)29-19(24(34)31-28)12-7-4-8-14-22(33)23-17-38-23/h3,5-6,10-11,19-21,23H,4,7-9,12-17H2,1-2H3,(H,29,35)(H,30,37)(H,31,34)/t19-,20?,21+,23-/m0/s1. The molecule has 3 fully saturated rings. The Morgan fingerprint density at radius 3 is 2.45 bits per heavy atom. The Balaban J connectivity index is 1.48. The molecular weight excluding hydrogens is 488 g/mol. The molecule has 1 aromatic carbocycles.